The molecule has 2 aromatic rings. The summed E-state index contributed by atoms with van der Waals surface area (Å²) in [5.41, 5.74) is 7.47. The van der Waals surface area contributed by atoms with Crippen molar-refractivity contribution in [3.63, 3.8) is 0 Å². The monoisotopic (exact) mass is 251 g/mol. The number of thiazole rings is 1. The van der Waals surface area contributed by atoms with E-state index in [9.17, 15) is 4.39 Å². The Labute approximate surface area is 104 Å². The predicted octanol–water partition coefficient (Wildman–Crippen LogP) is 2.38. The summed E-state index contributed by atoms with van der Waals surface area (Å²) in [5, 5.41) is 2.94. The van der Waals surface area contributed by atoms with Gasteiger partial charge in [-0.3, -0.25) is 0 Å². The van der Waals surface area contributed by atoms with E-state index in [0.717, 1.165) is 16.4 Å². The van der Waals surface area contributed by atoms with Crippen molar-refractivity contribution in [3.8, 4) is 0 Å². The molecule has 0 aliphatic carbocycles. The molecule has 0 saturated carbocycles. The first-order valence-electron chi connectivity index (χ1n) is 5.29. The Kier molecular flexibility index (Phi) is 3.71. The van der Waals surface area contributed by atoms with Crippen LogP contribution < -0.4 is 10.6 Å². The van der Waals surface area contributed by atoms with Gasteiger partial charge >= 0.3 is 0 Å². The lowest BCUT2D eigenvalue weighted by Gasteiger charge is -2.17. The van der Waals surface area contributed by atoms with E-state index in [0.29, 0.717) is 13.1 Å². The van der Waals surface area contributed by atoms with Crippen molar-refractivity contribution in [2.24, 2.45) is 5.73 Å². The van der Waals surface area contributed by atoms with Gasteiger partial charge in [-0.05, 0) is 24.3 Å². The first-order chi connectivity index (χ1) is 8.19. The Hall–Kier alpha value is -1.46. The van der Waals surface area contributed by atoms with Gasteiger partial charge in [-0.15, -0.1) is 11.3 Å². The molecule has 0 saturated heterocycles. The lowest BCUT2D eigenvalue weighted by molar-refractivity contribution is 0.627. The summed E-state index contributed by atoms with van der Waals surface area (Å²) in [7, 11) is 1.95. The molecule has 5 heteroatoms. The highest BCUT2D eigenvalue weighted by atomic mass is 32.1. The molecular weight excluding hydrogens is 237 g/mol. The maximum Gasteiger partial charge on any atom is 0.123 e. The second kappa shape index (κ2) is 5.25. The standard InChI is InChI=1S/C12H14FN3S/c1-16(11-4-2-9(13)3-5-11)7-10-8-17-12(6-14)15-10/h2-5,8H,6-7,14H2,1H3. The van der Waals surface area contributed by atoms with Gasteiger partial charge in [-0.25, -0.2) is 9.37 Å². The fourth-order valence-electron chi connectivity index (χ4n) is 1.55. The van der Waals surface area contributed by atoms with Crippen molar-refractivity contribution in [1.82, 2.24) is 4.98 Å². The van der Waals surface area contributed by atoms with Crippen LogP contribution in [-0.2, 0) is 13.1 Å². The second-order valence-electron chi connectivity index (χ2n) is 3.77. The van der Waals surface area contributed by atoms with Crippen LogP contribution in [-0.4, -0.2) is 12.0 Å². The first-order valence-corrected chi connectivity index (χ1v) is 6.17. The summed E-state index contributed by atoms with van der Waals surface area (Å²) in [4.78, 5) is 6.41. The summed E-state index contributed by atoms with van der Waals surface area (Å²) in [6.45, 7) is 1.17. The van der Waals surface area contributed by atoms with Gasteiger partial charge in [0.05, 0.1) is 12.2 Å². The van der Waals surface area contributed by atoms with E-state index in [-0.39, 0.29) is 5.82 Å². The van der Waals surface area contributed by atoms with Crippen LogP contribution in [0, 0.1) is 5.82 Å². The number of rotatable bonds is 4. The number of hydrogen-bond donors (Lipinski definition) is 1. The number of hydrogen-bond acceptors (Lipinski definition) is 4. The highest BCUT2D eigenvalue weighted by Gasteiger charge is 2.05. The van der Waals surface area contributed by atoms with Gasteiger partial charge < -0.3 is 10.6 Å². The molecule has 0 amide bonds. The van der Waals surface area contributed by atoms with Crippen molar-refractivity contribution in [2.45, 2.75) is 13.1 Å². The van der Waals surface area contributed by atoms with E-state index in [1.165, 1.54) is 12.1 Å². The fourth-order valence-corrected chi connectivity index (χ4v) is 2.21. The van der Waals surface area contributed by atoms with Gasteiger partial charge in [-0.2, -0.15) is 0 Å². The van der Waals surface area contributed by atoms with E-state index in [1.807, 2.05) is 17.3 Å². The van der Waals surface area contributed by atoms with E-state index in [4.69, 9.17) is 5.73 Å². The lowest BCUT2D eigenvalue weighted by Crippen LogP contribution is -2.16. The summed E-state index contributed by atoms with van der Waals surface area (Å²) >= 11 is 1.57. The van der Waals surface area contributed by atoms with Gasteiger partial charge in [0.1, 0.15) is 10.8 Å². The second-order valence-corrected chi connectivity index (χ2v) is 4.71. The number of halogens is 1. The van der Waals surface area contributed by atoms with Gasteiger partial charge in [0.25, 0.3) is 0 Å². The summed E-state index contributed by atoms with van der Waals surface area (Å²) in [6, 6.07) is 6.42. The molecule has 17 heavy (non-hydrogen) atoms. The molecule has 0 atom stereocenters. The minimum Gasteiger partial charge on any atom is -0.369 e. The van der Waals surface area contributed by atoms with E-state index in [2.05, 4.69) is 4.98 Å². The van der Waals surface area contributed by atoms with Crippen molar-refractivity contribution in [1.29, 1.82) is 0 Å². The van der Waals surface area contributed by atoms with Gasteiger partial charge in [-0.1, -0.05) is 0 Å². The third-order valence-corrected chi connectivity index (χ3v) is 3.36. The van der Waals surface area contributed by atoms with Gasteiger partial charge in [0, 0.05) is 24.7 Å². The van der Waals surface area contributed by atoms with Crippen LogP contribution in [0.4, 0.5) is 10.1 Å². The maximum atomic E-state index is 12.8. The van der Waals surface area contributed by atoms with E-state index < -0.39 is 0 Å². The quantitative estimate of drug-likeness (QED) is 0.907. The zero-order valence-corrected chi connectivity index (χ0v) is 10.4. The Balaban J connectivity index is 2.05. The molecule has 3 nitrogen and oxygen atoms in total. The molecule has 2 N–H and O–H groups in total. The van der Waals surface area contributed by atoms with Gasteiger partial charge in [0.2, 0.25) is 0 Å². The largest absolute Gasteiger partial charge is 0.369 e. The molecule has 0 aliphatic heterocycles. The number of anilines is 1. The predicted molar refractivity (Wildman–Crippen MR) is 68.5 cm³/mol. The molecule has 1 aromatic heterocycles. The van der Waals surface area contributed by atoms with Crippen molar-refractivity contribution >= 4 is 17.0 Å². The normalized spacial score (nSPS) is 10.5. The number of nitrogens with zero attached hydrogens (tertiary/aromatic N) is 2. The Morgan fingerprint density at radius 1 is 1.35 bits per heavy atom. The van der Waals surface area contributed by atoms with Crippen LogP contribution in [0.15, 0.2) is 29.6 Å². The summed E-state index contributed by atoms with van der Waals surface area (Å²) in [6.07, 6.45) is 0. The highest BCUT2D eigenvalue weighted by molar-refractivity contribution is 7.09. The number of nitrogens with two attached hydrogens (primary N) is 1. The van der Waals surface area contributed by atoms with Crippen molar-refractivity contribution in [2.75, 3.05) is 11.9 Å². The third-order valence-electron chi connectivity index (χ3n) is 2.44. The maximum absolute atomic E-state index is 12.8. The van der Waals surface area contributed by atoms with Crippen LogP contribution >= 0.6 is 11.3 Å². The molecule has 0 bridgehead atoms. The molecule has 0 spiro atoms. The van der Waals surface area contributed by atoms with Crippen molar-refractivity contribution in [3.05, 3.63) is 46.2 Å². The molecule has 0 radical (unpaired) electrons. The smallest absolute Gasteiger partial charge is 0.123 e. The fraction of sp³-hybridized carbons (Fsp3) is 0.250. The van der Waals surface area contributed by atoms with Crippen LogP contribution in [0.25, 0.3) is 0 Å². The topological polar surface area (TPSA) is 42.1 Å². The minimum atomic E-state index is -0.221. The molecule has 90 valence electrons. The molecule has 0 unspecified atom stereocenters. The van der Waals surface area contributed by atoms with Crippen LogP contribution in [0.1, 0.15) is 10.7 Å². The zero-order chi connectivity index (χ0) is 12.3. The van der Waals surface area contributed by atoms with Crippen LogP contribution in [0.2, 0.25) is 0 Å². The number of benzene rings is 1. The SMILES string of the molecule is CN(Cc1csc(CN)n1)c1ccc(F)cc1. The third kappa shape index (κ3) is 3.01. The summed E-state index contributed by atoms with van der Waals surface area (Å²) in [5.74, 6) is -0.221. The molecule has 1 heterocycles. The highest BCUT2D eigenvalue weighted by Crippen LogP contribution is 2.17. The molecule has 0 aliphatic rings. The Morgan fingerprint density at radius 2 is 2.06 bits per heavy atom. The molecule has 2 rings (SSSR count). The van der Waals surface area contributed by atoms with Crippen molar-refractivity contribution < 1.29 is 4.39 Å². The molecule has 1 aromatic carbocycles. The van der Waals surface area contributed by atoms with E-state index >= 15 is 0 Å². The van der Waals surface area contributed by atoms with E-state index in [1.54, 1.807) is 23.5 Å². The average molecular weight is 251 g/mol. The number of aromatic nitrogens is 1. The van der Waals surface area contributed by atoms with Crippen LogP contribution in [0.5, 0.6) is 0 Å². The first kappa shape index (κ1) is 12.0. The lowest BCUT2D eigenvalue weighted by atomic mass is 10.3. The van der Waals surface area contributed by atoms with Crippen LogP contribution in [0.3, 0.4) is 0 Å². The minimum absolute atomic E-state index is 0.221. The van der Waals surface area contributed by atoms with Gasteiger partial charge in [0.15, 0.2) is 0 Å². The molecular formula is C12H14FN3S. The Morgan fingerprint density at radius 3 is 2.65 bits per heavy atom. The Bertz CT molecular complexity index is 481. The summed E-state index contributed by atoms with van der Waals surface area (Å²) < 4.78 is 12.8. The zero-order valence-electron chi connectivity index (χ0n) is 9.56. The molecule has 0 fully saturated rings. The average Bonchev–Trinajstić information content (AvgIpc) is 2.77.